The van der Waals surface area contributed by atoms with Crippen molar-refractivity contribution in [3.8, 4) is 22.6 Å². The first-order valence-corrected chi connectivity index (χ1v) is 13.6. The predicted molar refractivity (Wildman–Crippen MR) is 140 cm³/mol. The van der Waals surface area contributed by atoms with Crippen molar-refractivity contribution in [2.75, 3.05) is 0 Å². The summed E-state index contributed by atoms with van der Waals surface area (Å²) < 4.78 is 21.0. The summed E-state index contributed by atoms with van der Waals surface area (Å²) in [7, 11) is 0. The standard InChI is InChI=1S/C31H31FN4O/c1-3-13-31-16-21-17-34-37-28(21)18(2)24(31)11-10-23-27(22-6-4-5-7-25(22)32)35-30(36-29(23)31)20-12-14-33-26(15-20)19-8-9-19/h4-7,12,14-15,17-19,24H,3,8-11,13,16H2,1-2H3/t18-,24-,31-/m1/s1. The lowest BCUT2D eigenvalue weighted by molar-refractivity contribution is 0.144. The van der Waals surface area contributed by atoms with Crippen LogP contribution in [0.5, 0.6) is 0 Å². The van der Waals surface area contributed by atoms with E-state index in [0.717, 1.165) is 66.1 Å². The molecule has 0 unspecified atom stereocenters. The Morgan fingerprint density at radius 2 is 1.97 bits per heavy atom. The quantitative estimate of drug-likeness (QED) is 0.294. The van der Waals surface area contributed by atoms with Gasteiger partial charge in [-0.15, -0.1) is 0 Å². The average Bonchev–Trinajstić information content (AvgIpc) is 3.67. The van der Waals surface area contributed by atoms with Crippen molar-refractivity contribution >= 4 is 0 Å². The largest absolute Gasteiger partial charge is 0.361 e. The molecule has 5 nitrogen and oxygen atoms in total. The minimum Gasteiger partial charge on any atom is -0.361 e. The summed E-state index contributed by atoms with van der Waals surface area (Å²) in [5.41, 5.74) is 6.56. The molecule has 0 radical (unpaired) electrons. The van der Waals surface area contributed by atoms with Crippen molar-refractivity contribution in [2.45, 2.75) is 76.0 Å². The van der Waals surface area contributed by atoms with Crippen LogP contribution in [0.2, 0.25) is 0 Å². The summed E-state index contributed by atoms with van der Waals surface area (Å²) in [6, 6.07) is 11.1. The van der Waals surface area contributed by atoms with Gasteiger partial charge in [0.25, 0.3) is 0 Å². The lowest BCUT2D eigenvalue weighted by Gasteiger charge is -2.50. The van der Waals surface area contributed by atoms with Gasteiger partial charge in [0.15, 0.2) is 5.82 Å². The first-order chi connectivity index (χ1) is 18.1. The van der Waals surface area contributed by atoms with Crippen LogP contribution in [0.4, 0.5) is 4.39 Å². The van der Waals surface area contributed by atoms with Crippen molar-refractivity contribution in [3.05, 3.63) is 82.9 Å². The summed E-state index contributed by atoms with van der Waals surface area (Å²) in [5.74, 6) is 2.62. The number of pyridine rings is 1. The van der Waals surface area contributed by atoms with Crippen LogP contribution in [-0.2, 0) is 18.3 Å². The normalized spacial score (nSPS) is 24.3. The zero-order valence-corrected chi connectivity index (χ0v) is 21.4. The highest BCUT2D eigenvalue weighted by Gasteiger charge is 2.52. The first kappa shape index (κ1) is 22.8. The van der Waals surface area contributed by atoms with Crippen molar-refractivity contribution in [3.63, 3.8) is 0 Å². The van der Waals surface area contributed by atoms with E-state index in [2.05, 4.69) is 30.1 Å². The van der Waals surface area contributed by atoms with Gasteiger partial charge in [-0.2, -0.15) is 0 Å². The number of benzene rings is 1. The third-order valence-electron chi connectivity index (χ3n) is 8.95. The zero-order chi connectivity index (χ0) is 25.1. The second kappa shape index (κ2) is 8.57. The Kier molecular flexibility index (Phi) is 5.27. The highest BCUT2D eigenvalue weighted by molar-refractivity contribution is 5.70. The SMILES string of the molecule is CCC[C@@]12Cc3cnoc3[C@H](C)[C@H]1CCc1c(-c3ccccc3F)nc(-c3ccnc(C4CC4)c3)nc12. The highest BCUT2D eigenvalue weighted by atomic mass is 19.1. The molecule has 6 heteroatoms. The monoisotopic (exact) mass is 494 g/mol. The second-order valence-electron chi connectivity index (χ2n) is 11.2. The fourth-order valence-electron chi connectivity index (χ4n) is 7.16. The van der Waals surface area contributed by atoms with Gasteiger partial charge in [0.1, 0.15) is 11.6 Å². The number of aromatic nitrogens is 4. The number of halogens is 1. The molecular formula is C31H31FN4O. The van der Waals surface area contributed by atoms with Crippen LogP contribution in [0.25, 0.3) is 22.6 Å². The maximum Gasteiger partial charge on any atom is 0.160 e. The summed E-state index contributed by atoms with van der Waals surface area (Å²) >= 11 is 0. The lowest BCUT2D eigenvalue weighted by Crippen LogP contribution is -2.47. The van der Waals surface area contributed by atoms with E-state index in [1.807, 2.05) is 30.6 Å². The van der Waals surface area contributed by atoms with Crippen LogP contribution >= 0.6 is 0 Å². The molecule has 3 atom stereocenters. The van der Waals surface area contributed by atoms with Crippen molar-refractivity contribution in [1.29, 1.82) is 0 Å². The van der Waals surface area contributed by atoms with Gasteiger partial charge in [-0.1, -0.05) is 37.6 Å². The summed E-state index contributed by atoms with van der Waals surface area (Å²) in [4.78, 5) is 15.1. The molecule has 0 N–H and O–H groups in total. The van der Waals surface area contributed by atoms with Gasteiger partial charge in [0, 0.05) is 51.4 Å². The van der Waals surface area contributed by atoms with Gasteiger partial charge in [-0.25, -0.2) is 14.4 Å². The minimum atomic E-state index is -0.243. The van der Waals surface area contributed by atoms with Crippen LogP contribution in [0.15, 0.2) is 53.3 Å². The fourth-order valence-corrected chi connectivity index (χ4v) is 7.16. The molecule has 1 fully saturated rings. The third kappa shape index (κ3) is 3.56. The van der Waals surface area contributed by atoms with Gasteiger partial charge in [0.05, 0.1) is 17.6 Å². The molecule has 0 aliphatic heterocycles. The van der Waals surface area contributed by atoms with Crippen LogP contribution in [0.1, 0.15) is 86.1 Å². The third-order valence-corrected chi connectivity index (χ3v) is 8.95. The van der Waals surface area contributed by atoms with Gasteiger partial charge >= 0.3 is 0 Å². The van der Waals surface area contributed by atoms with Crippen molar-refractivity contribution in [1.82, 2.24) is 20.1 Å². The van der Waals surface area contributed by atoms with Crippen LogP contribution in [-0.4, -0.2) is 20.1 Å². The smallest absolute Gasteiger partial charge is 0.160 e. The van der Waals surface area contributed by atoms with E-state index < -0.39 is 0 Å². The number of nitrogens with zero attached hydrogens (tertiary/aromatic N) is 4. The molecule has 7 rings (SSSR count). The summed E-state index contributed by atoms with van der Waals surface area (Å²) in [6.07, 6.45) is 10.8. The van der Waals surface area contributed by atoms with E-state index in [1.165, 1.54) is 24.5 Å². The maximum atomic E-state index is 15.3. The van der Waals surface area contributed by atoms with Crippen LogP contribution in [0, 0.1) is 11.7 Å². The number of hydrogen-bond acceptors (Lipinski definition) is 5. The predicted octanol–water partition coefficient (Wildman–Crippen LogP) is 7.17. The fraction of sp³-hybridized carbons (Fsp3) is 0.419. The molecule has 3 aliphatic rings. The molecule has 3 heterocycles. The molecule has 1 aromatic carbocycles. The van der Waals surface area contributed by atoms with Gasteiger partial charge in [0.2, 0.25) is 0 Å². The van der Waals surface area contributed by atoms with Crippen LogP contribution in [0.3, 0.4) is 0 Å². The Bertz CT molecular complexity index is 1490. The van der Waals surface area contributed by atoms with E-state index in [4.69, 9.17) is 14.5 Å². The minimum absolute atomic E-state index is 0.162. The first-order valence-electron chi connectivity index (χ1n) is 13.6. The number of fused-ring (bicyclic) bond motifs is 4. The Hall–Kier alpha value is -3.41. The van der Waals surface area contributed by atoms with E-state index in [0.29, 0.717) is 23.2 Å². The second-order valence-corrected chi connectivity index (χ2v) is 11.2. The molecule has 3 aromatic heterocycles. The summed E-state index contributed by atoms with van der Waals surface area (Å²) in [6.45, 7) is 4.52. The molecule has 188 valence electrons. The molecule has 0 saturated heterocycles. The Balaban J connectivity index is 1.49. The molecular weight excluding hydrogens is 463 g/mol. The zero-order valence-electron chi connectivity index (χ0n) is 21.4. The van der Waals surface area contributed by atoms with E-state index in [9.17, 15) is 0 Å². The highest BCUT2D eigenvalue weighted by Crippen LogP contribution is 2.56. The molecule has 4 aromatic rings. The Morgan fingerprint density at radius 1 is 1.11 bits per heavy atom. The van der Waals surface area contributed by atoms with Crippen molar-refractivity contribution < 1.29 is 8.91 Å². The summed E-state index contributed by atoms with van der Waals surface area (Å²) in [5, 5.41) is 4.17. The number of hydrogen-bond donors (Lipinski definition) is 0. The lowest BCUT2D eigenvalue weighted by atomic mass is 9.54. The molecule has 0 spiro atoms. The van der Waals surface area contributed by atoms with E-state index >= 15 is 4.39 Å². The van der Waals surface area contributed by atoms with Crippen molar-refractivity contribution in [2.24, 2.45) is 5.92 Å². The molecule has 37 heavy (non-hydrogen) atoms. The Morgan fingerprint density at radius 3 is 2.78 bits per heavy atom. The van der Waals surface area contributed by atoms with E-state index in [-0.39, 0.29) is 17.2 Å². The van der Waals surface area contributed by atoms with Gasteiger partial charge < -0.3 is 4.52 Å². The topological polar surface area (TPSA) is 64.7 Å². The molecule has 3 aliphatic carbocycles. The van der Waals surface area contributed by atoms with Gasteiger partial charge in [-0.3, -0.25) is 4.98 Å². The number of rotatable bonds is 5. The van der Waals surface area contributed by atoms with Gasteiger partial charge in [-0.05, 0) is 68.7 Å². The van der Waals surface area contributed by atoms with Crippen LogP contribution < -0.4 is 0 Å². The molecule has 0 amide bonds. The Labute approximate surface area is 216 Å². The van der Waals surface area contributed by atoms with E-state index in [1.54, 1.807) is 6.07 Å². The molecule has 0 bridgehead atoms. The maximum absolute atomic E-state index is 15.3. The average molecular weight is 495 g/mol. The molecule has 1 saturated carbocycles.